The second kappa shape index (κ2) is 7.09. The van der Waals surface area contributed by atoms with E-state index in [9.17, 15) is 0 Å². The van der Waals surface area contributed by atoms with Crippen LogP contribution in [0.2, 0.25) is 0 Å². The zero-order valence-electron chi connectivity index (χ0n) is 11.3. The highest BCUT2D eigenvalue weighted by Gasteiger charge is 2.11. The van der Waals surface area contributed by atoms with E-state index in [1.165, 1.54) is 4.88 Å². The summed E-state index contributed by atoms with van der Waals surface area (Å²) in [5.41, 5.74) is 1.07. The van der Waals surface area contributed by atoms with Gasteiger partial charge in [0.15, 0.2) is 0 Å². The number of thiophene rings is 1. The van der Waals surface area contributed by atoms with E-state index in [0.29, 0.717) is 12.5 Å². The van der Waals surface area contributed by atoms with E-state index in [1.54, 1.807) is 17.7 Å². The SMILES string of the molecule is CCCc1c(NCC)ncnc1OCc1cccs1. The molecule has 0 atom stereocenters. The molecule has 102 valence electrons. The van der Waals surface area contributed by atoms with E-state index in [2.05, 4.69) is 40.6 Å². The minimum atomic E-state index is 0.566. The first-order valence-electron chi connectivity index (χ1n) is 6.58. The summed E-state index contributed by atoms with van der Waals surface area (Å²) in [5.74, 6) is 1.58. The van der Waals surface area contributed by atoms with Crippen molar-refractivity contribution in [3.63, 3.8) is 0 Å². The number of rotatable bonds is 7. The molecule has 0 aromatic carbocycles. The third kappa shape index (κ3) is 3.67. The van der Waals surface area contributed by atoms with Crippen molar-refractivity contribution < 1.29 is 4.74 Å². The number of ether oxygens (including phenoxy) is 1. The summed E-state index contributed by atoms with van der Waals surface area (Å²) in [6.45, 7) is 5.62. The van der Waals surface area contributed by atoms with Crippen LogP contribution in [0.5, 0.6) is 5.88 Å². The molecule has 0 saturated carbocycles. The van der Waals surface area contributed by atoms with Gasteiger partial charge in [-0.1, -0.05) is 19.4 Å². The Morgan fingerprint density at radius 2 is 2.21 bits per heavy atom. The Morgan fingerprint density at radius 3 is 2.89 bits per heavy atom. The summed E-state index contributed by atoms with van der Waals surface area (Å²) in [7, 11) is 0. The molecule has 0 aliphatic heterocycles. The average Bonchev–Trinajstić information content (AvgIpc) is 2.93. The molecule has 19 heavy (non-hydrogen) atoms. The number of anilines is 1. The molecular weight excluding hydrogens is 258 g/mol. The lowest BCUT2D eigenvalue weighted by molar-refractivity contribution is 0.293. The fraction of sp³-hybridized carbons (Fsp3) is 0.429. The lowest BCUT2D eigenvalue weighted by Gasteiger charge is -2.13. The van der Waals surface area contributed by atoms with Crippen LogP contribution >= 0.6 is 11.3 Å². The molecule has 1 N–H and O–H groups in total. The van der Waals surface area contributed by atoms with Gasteiger partial charge in [-0.15, -0.1) is 11.3 Å². The molecule has 0 saturated heterocycles. The Hall–Kier alpha value is -1.62. The zero-order valence-corrected chi connectivity index (χ0v) is 12.2. The minimum Gasteiger partial charge on any atom is -0.472 e. The monoisotopic (exact) mass is 277 g/mol. The number of hydrogen-bond donors (Lipinski definition) is 1. The van der Waals surface area contributed by atoms with Gasteiger partial charge in [0.25, 0.3) is 0 Å². The van der Waals surface area contributed by atoms with Gasteiger partial charge in [-0.3, -0.25) is 0 Å². The normalized spacial score (nSPS) is 10.4. The molecule has 2 rings (SSSR count). The maximum Gasteiger partial charge on any atom is 0.222 e. The number of hydrogen-bond acceptors (Lipinski definition) is 5. The topological polar surface area (TPSA) is 47.0 Å². The van der Waals surface area contributed by atoms with Crippen molar-refractivity contribution in [3.05, 3.63) is 34.3 Å². The predicted molar refractivity (Wildman–Crippen MR) is 78.8 cm³/mol. The fourth-order valence-electron chi connectivity index (χ4n) is 1.85. The largest absolute Gasteiger partial charge is 0.472 e. The molecular formula is C14H19N3OS. The molecule has 0 amide bonds. The van der Waals surface area contributed by atoms with E-state index in [1.807, 2.05) is 6.07 Å². The highest BCUT2D eigenvalue weighted by atomic mass is 32.1. The highest BCUT2D eigenvalue weighted by Crippen LogP contribution is 2.24. The fourth-order valence-corrected chi connectivity index (χ4v) is 2.47. The third-order valence-electron chi connectivity index (χ3n) is 2.68. The molecule has 0 spiro atoms. The van der Waals surface area contributed by atoms with Crippen molar-refractivity contribution >= 4 is 17.2 Å². The summed E-state index contributed by atoms with van der Waals surface area (Å²) in [6, 6.07) is 4.09. The quantitative estimate of drug-likeness (QED) is 0.841. The summed E-state index contributed by atoms with van der Waals surface area (Å²) in [6.07, 6.45) is 3.52. The van der Waals surface area contributed by atoms with Gasteiger partial charge in [-0.05, 0) is 24.8 Å². The molecule has 5 heteroatoms. The average molecular weight is 277 g/mol. The van der Waals surface area contributed by atoms with E-state index < -0.39 is 0 Å². The molecule has 0 aliphatic carbocycles. The van der Waals surface area contributed by atoms with Crippen molar-refractivity contribution in [1.82, 2.24) is 9.97 Å². The molecule has 2 aromatic rings. The first-order valence-corrected chi connectivity index (χ1v) is 7.46. The van der Waals surface area contributed by atoms with E-state index in [4.69, 9.17) is 4.74 Å². The van der Waals surface area contributed by atoms with Crippen LogP contribution in [0.3, 0.4) is 0 Å². The van der Waals surface area contributed by atoms with E-state index >= 15 is 0 Å². The van der Waals surface area contributed by atoms with Gasteiger partial charge < -0.3 is 10.1 Å². The number of aromatic nitrogens is 2. The van der Waals surface area contributed by atoms with Gasteiger partial charge in [-0.25, -0.2) is 9.97 Å². The molecule has 4 nitrogen and oxygen atoms in total. The molecule has 0 radical (unpaired) electrons. The van der Waals surface area contributed by atoms with E-state index in [0.717, 1.165) is 30.8 Å². The molecule has 0 fully saturated rings. The Balaban J connectivity index is 2.15. The Labute approximate surface area is 117 Å². The Bertz CT molecular complexity index is 499. The predicted octanol–water partition coefficient (Wildman–Crippen LogP) is 3.50. The van der Waals surface area contributed by atoms with Crippen LogP contribution in [0.1, 0.15) is 30.7 Å². The van der Waals surface area contributed by atoms with Gasteiger partial charge in [-0.2, -0.15) is 0 Å². The van der Waals surface area contributed by atoms with Crippen LogP contribution in [0.15, 0.2) is 23.8 Å². The molecule has 0 aliphatic rings. The van der Waals surface area contributed by atoms with Gasteiger partial charge >= 0.3 is 0 Å². The lowest BCUT2D eigenvalue weighted by Crippen LogP contribution is -2.07. The first kappa shape index (κ1) is 13.8. The summed E-state index contributed by atoms with van der Waals surface area (Å²) in [4.78, 5) is 9.76. The van der Waals surface area contributed by atoms with Crippen LogP contribution in [0.25, 0.3) is 0 Å². The van der Waals surface area contributed by atoms with Crippen LogP contribution in [-0.4, -0.2) is 16.5 Å². The van der Waals surface area contributed by atoms with Crippen molar-refractivity contribution in [2.24, 2.45) is 0 Å². The standard InChI is InChI=1S/C14H19N3OS/c1-3-6-12-13(15-4-2)16-10-17-14(12)18-9-11-7-5-8-19-11/h5,7-8,10H,3-4,6,9H2,1-2H3,(H,15,16,17). The Morgan fingerprint density at radius 1 is 1.32 bits per heavy atom. The van der Waals surface area contributed by atoms with Crippen LogP contribution in [0.4, 0.5) is 5.82 Å². The van der Waals surface area contributed by atoms with Crippen molar-refractivity contribution in [2.45, 2.75) is 33.3 Å². The van der Waals surface area contributed by atoms with Crippen LogP contribution in [0, 0.1) is 0 Å². The van der Waals surface area contributed by atoms with Crippen molar-refractivity contribution in [1.29, 1.82) is 0 Å². The smallest absolute Gasteiger partial charge is 0.222 e. The van der Waals surface area contributed by atoms with Gasteiger partial charge in [0.05, 0.1) is 5.56 Å². The number of nitrogens with one attached hydrogen (secondary N) is 1. The second-order valence-electron chi connectivity index (χ2n) is 4.15. The number of nitrogens with zero attached hydrogens (tertiary/aromatic N) is 2. The maximum absolute atomic E-state index is 5.84. The molecule has 0 bridgehead atoms. The summed E-state index contributed by atoms with van der Waals surface area (Å²) < 4.78 is 5.84. The molecule has 2 aromatic heterocycles. The van der Waals surface area contributed by atoms with Gasteiger partial charge in [0.1, 0.15) is 18.8 Å². The van der Waals surface area contributed by atoms with Crippen LogP contribution in [-0.2, 0) is 13.0 Å². The van der Waals surface area contributed by atoms with E-state index in [-0.39, 0.29) is 0 Å². The lowest BCUT2D eigenvalue weighted by atomic mass is 10.1. The summed E-state index contributed by atoms with van der Waals surface area (Å²) in [5, 5.41) is 5.32. The van der Waals surface area contributed by atoms with Gasteiger partial charge in [0, 0.05) is 11.4 Å². The third-order valence-corrected chi connectivity index (χ3v) is 3.53. The molecule has 0 unspecified atom stereocenters. The van der Waals surface area contributed by atoms with Crippen molar-refractivity contribution in [2.75, 3.05) is 11.9 Å². The Kier molecular flexibility index (Phi) is 5.15. The second-order valence-corrected chi connectivity index (χ2v) is 5.19. The van der Waals surface area contributed by atoms with Crippen molar-refractivity contribution in [3.8, 4) is 5.88 Å². The minimum absolute atomic E-state index is 0.566. The maximum atomic E-state index is 5.84. The van der Waals surface area contributed by atoms with Gasteiger partial charge in [0.2, 0.25) is 5.88 Å². The van der Waals surface area contributed by atoms with Crippen LogP contribution < -0.4 is 10.1 Å². The highest BCUT2D eigenvalue weighted by molar-refractivity contribution is 7.09. The molecule has 2 heterocycles. The first-order chi connectivity index (χ1) is 9.35. The summed E-state index contributed by atoms with van der Waals surface area (Å²) >= 11 is 1.69. The zero-order chi connectivity index (χ0) is 13.5.